The van der Waals surface area contributed by atoms with Crippen LogP contribution in [0.15, 0.2) is 34.1 Å². The molecule has 0 spiro atoms. The Balaban J connectivity index is 1.41. The van der Waals surface area contributed by atoms with Crippen molar-refractivity contribution in [2.45, 2.75) is 29.0 Å². The van der Waals surface area contributed by atoms with Crippen LogP contribution in [0, 0.1) is 29.6 Å². The SMILES string of the molecule is O=C(O)CCN1C(=O)C2C3CC(C2C1=O)C1C(c2ccc(Cl)cc2)c2sc(=O)[nH]c2SC31. The van der Waals surface area contributed by atoms with Gasteiger partial charge >= 0.3 is 10.8 Å². The molecule has 166 valence electrons. The number of thiazole rings is 1. The molecule has 1 aromatic carbocycles. The molecule has 3 fully saturated rings. The number of aromatic nitrogens is 1. The van der Waals surface area contributed by atoms with Crippen molar-refractivity contribution in [3.8, 4) is 0 Å². The van der Waals surface area contributed by atoms with E-state index < -0.39 is 11.9 Å². The van der Waals surface area contributed by atoms with E-state index in [9.17, 15) is 19.2 Å². The van der Waals surface area contributed by atoms with Gasteiger partial charge in [0.1, 0.15) is 0 Å². The van der Waals surface area contributed by atoms with Crippen LogP contribution < -0.4 is 4.87 Å². The van der Waals surface area contributed by atoms with Gasteiger partial charge in [-0.25, -0.2) is 0 Å². The Morgan fingerprint density at radius 2 is 1.81 bits per heavy atom. The van der Waals surface area contributed by atoms with Crippen molar-refractivity contribution in [2.24, 2.45) is 29.6 Å². The second-order valence-electron chi connectivity index (χ2n) is 8.98. The number of likely N-dealkylation sites (tertiary alicyclic amines) is 1. The van der Waals surface area contributed by atoms with E-state index in [4.69, 9.17) is 16.7 Å². The summed E-state index contributed by atoms with van der Waals surface area (Å²) in [5.41, 5.74) is 1.06. The molecule has 32 heavy (non-hydrogen) atoms. The van der Waals surface area contributed by atoms with E-state index >= 15 is 0 Å². The lowest BCUT2D eigenvalue weighted by Crippen LogP contribution is -2.42. The van der Waals surface area contributed by atoms with Crippen molar-refractivity contribution in [1.29, 1.82) is 0 Å². The lowest BCUT2D eigenvalue weighted by Gasteiger charge is -2.43. The Morgan fingerprint density at radius 1 is 1.12 bits per heavy atom. The maximum Gasteiger partial charge on any atom is 0.305 e. The number of carboxylic acid groups (broad SMARTS) is 1. The Kier molecular flexibility index (Phi) is 4.61. The topological polar surface area (TPSA) is 108 Å². The molecule has 2 N–H and O–H groups in total. The van der Waals surface area contributed by atoms with Crippen molar-refractivity contribution < 1.29 is 19.5 Å². The van der Waals surface area contributed by atoms with Crippen molar-refractivity contribution >= 4 is 52.5 Å². The minimum Gasteiger partial charge on any atom is -0.481 e. The number of imide groups is 1. The van der Waals surface area contributed by atoms with Gasteiger partial charge in [0, 0.05) is 27.6 Å². The van der Waals surface area contributed by atoms with E-state index in [0.29, 0.717) is 5.02 Å². The molecule has 0 radical (unpaired) electrons. The molecule has 7 unspecified atom stereocenters. The molecule has 2 amide bonds. The summed E-state index contributed by atoms with van der Waals surface area (Å²) >= 11 is 8.98. The second kappa shape index (κ2) is 7.20. The summed E-state index contributed by atoms with van der Waals surface area (Å²) < 4.78 is 0. The third kappa shape index (κ3) is 2.80. The van der Waals surface area contributed by atoms with E-state index in [1.807, 2.05) is 24.3 Å². The Morgan fingerprint density at radius 3 is 2.50 bits per heavy atom. The third-order valence-corrected chi connectivity index (χ3v) is 10.4. The molecule has 7 atom stereocenters. The zero-order valence-electron chi connectivity index (χ0n) is 16.7. The molecule has 6 rings (SSSR count). The smallest absolute Gasteiger partial charge is 0.305 e. The second-order valence-corrected chi connectivity index (χ2v) is 11.6. The molecule has 2 saturated carbocycles. The van der Waals surface area contributed by atoms with E-state index in [2.05, 4.69) is 4.98 Å². The molecule has 3 heterocycles. The number of H-pyrrole nitrogens is 1. The summed E-state index contributed by atoms with van der Waals surface area (Å²) in [5.74, 6) is -2.08. The van der Waals surface area contributed by atoms with Crippen molar-refractivity contribution in [1.82, 2.24) is 9.88 Å². The number of rotatable bonds is 4. The van der Waals surface area contributed by atoms with Crippen molar-refractivity contribution in [3.63, 3.8) is 0 Å². The Labute approximate surface area is 196 Å². The molecule has 1 saturated heterocycles. The number of carbonyl (C=O) groups excluding carboxylic acids is 2. The third-order valence-electron chi connectivity index (χ3n) is 7.59. The predicted octanol–water partition coefficient (Wildman–Crippen LogP) is 3.04. The number of amides is 2. The number of nitrogens with zero attached hydrogens (tertiary/aromatic N) is 1. The van der Waals surface area contributed by atoms with Gasteiger partial charge in [-0.2, -0.15) is 0 Å². The maximum atomic E-state index is 13.2. The van der Waals surface area contributed by atoms with Gasteiger partial charge in [-0.15, -0.1) is 11.8 Å². The fourth-order valence-electron chi connectivity index (χ4n) is 6.55. The van der Waals surface area contributed by atoms with Gasteiger partial charge in [-0.1, -0.05) is 35.1 Å². The highest BCUT2D eigenvalue weighted by atomic mass is 35.5. The standard InChI is InChI=1S/C22H19ClN2O5S2/c23-9-3-1-8(2-4-9)13-14-10-7-11(17(14)31-19-18(13)32-22(30)24-19)16-15(10)20(28)25(21(16)29)6-5-12(26)27/h1-4,10-11,13-17H,5-7H2,(H,24,30)(H,26,27). The van der Waals surface area contributed by atoms with E-state index in [1.54, 1.807) is 11.8 Å². The zero-order chi connectivity index (χ0) is 22.3. The van der Waals surface area contributed by atoms with Gasteiger partial charge in [0.25, 0.3) is 0 Å². The molecular weight excluding hydrogens is 472 g/mol. The summed E-state index contributed by atoms with van der Waals surface area (Å²) in [4.78, 5) is 54.7. The summed E-state index contributed by atoms with van der Waals surface area (Å²) in [5, 5.41) is 10.6. The van der Waals surface area contributed by atoms with E-state index in [1.165, 1.54) is 16.2 Å². The van der Waals surface area contributed by atoms with Crippen LogP contribution in [0.25, 0.3) is 0 Å². The van der Waals surface area contributed by atoms with Crippen LogP contribution in [0.5, 0.6) is 0 Å². The van der Waals surface area contributed by atoms with E-state index in [0.717, 1.165) is 21.9 Å². The number of carboxylic acids is 1. The first-order chi connectivity index (χ1) is 15.3. The first-order valence-electron chi connectivity index (χ1n) is 10.6. The number of aromatic amines is 1. The summed E-state index contributed by atoms with van der Waals surface area (Å²) in [7, 11) is 0. The fourth-order valence-corrected chi connectivity index (χ4v) is 9.56. The lowest BCUT2D eigenvalue weighted by molar-refractivity contribution is -0.142. The Hall–Kier alpha value is -2.10. The van der Waals surface area contributed by atoms with Gasteiger partial charge in [-0.3, -0.25) is 24.1 Å². The van der Waals surface area contributed by atoms with Crippen LogP contribution in [-0.2, 0) is 14.4 Å². The van der Waals surface area contributed by atoms with Crippen LogP contribution in [0.2, 0.25) is 5.02 Å². The number of hydrogen-bond acceptors (Lipinski definition) is 6. The quantitative estimate of drug-likeness (QED) is 0.638. The molecule has 10 heteroatoms. The number of nitrogens with one attached hydrogen (secondary N) is 1. The number of hydrogen-bond donors (Lipinski definition) is 2. The molecule has 2 aliphatic carbocycles. The van der Waals surface area contributed by atoms with Crippen LogP contribution in [0.3, 0.4) is 0 Å². The number of aliphatic carboxylic acids is 1. The normalized spacial score (nSPS) is 34.5. The maximum absolute atomic E-state index is 13.2. The fraction of sp³-hybridized carbons (Fsp3) is 0.455. The van der Waals surface area contributed by atoms with Crippen LogP contribution in [-0.4, -0.2) is 44.6 Å². The molecule has 2 aromatic rings. The van der Waals surface area contributed by atoms with Gasteiger partial charge in [0.05, 0.1) is 23.3 Å². The van der Waals surface area contributed by atoms with Gasteiger partial charge in [0.2, 0.25) is 11.8 Å². The van der Waals surface area contributed by atoms with Crippen LogP contribution >= 0.6 is 34.7 Å². The van der Waals surface area contributed by atoms with Gasteiger partial charge < -0.3 is 10.1 Å². The molecule has 2 aliphatic heterocycles. The van der Waals surface area contributed by atoms with Gasteiger partial charge in [0.15, 0.2) is 0 Å². The monoisotopic (exact) mass is 490 g/mol. The van der Waals surface area contributed by atoms with Gasteiger partial charge in [-0.05, 0) is 41.9 Å². The number of carbonyl (C=O) groups is 3. The van der Waals surface area contributed by atoms with Crippen LogP contribution in [0.1, 0.15) is 29.2 Å². The highest BCUT2D eigenvalue weighted by molar-refractivity contribution is 8.00. The molecule has 1 aromatic heterocycles. The number of fused-ring (bicyclic) bond motifs is 9. The number of halogens is 1. The highest BCUT2D eigenvalue weighted by Gasteiger charge is 2.69. The summed E-state index contributed by atoms with van der Waals surface area (Å²) in [6, 6.07) is 7.66. The highest BCUT2D eigenvalue weighted by Crippen LogP contribution is 2.68. The predicted molar refractivity (Wildman–Crippen MR) is 119 cm³/mol. The first kappa shape index (κ1) is 20.5. The minimum atomic E-state index is -1.02. The summed E-state index contributed by atoms with van der Waals surface area (Å²) in [6.07, 6.45) is 0.574. The van der Waals surface area contributed by atoms with Crippen molar-refractivity contribution in [2.75, 3.05) is 6.54 Å². The van der Waals surface area contributed by atoms with Crippen molar-refractivity contribution in [3.05, 3.63) is 49.4 Å². The first-order valence-corrected chi connectivity index (χ1v) is 12.6. The Bertz CT molecular complexity index is 1210. The average molecular weight is 491 g/mol. The lowest BCUT2D eigenvalue weighted by atomic mass is 9.68. The van der Waals surface area contributed by atoms with E-state index in [-0.39, 0.29) is 64.5 Å². The average Bonchev–Trinajstić information content (AvgIpc) is 3.47. The largest absolute Gasteiger partial charge is 0.481 e. The number of benzene rings is 1. The molecular formula is C22H19ClN2O5S2. The molecule has 2 bridgehead atoms. The minimum absolute atomic E-state index is 0.0276. The molecule has 7 nitrogen and oxygen atoms in total. The summed E-state index contributed by atoms with van der Waals surface area (Å²) in [6.45, 7) is -0.0663. The zero-order valence-corrected chi connectivity index (χ0v) is 19.1. The number of thioether (sulfide) groups is 1. The van der Waals surface area contributed by atoms with Crippen LogP contribution in [0.4, 0.5) is 0 Å². The molecule has 4 aliphatic rings.